The van der Waals surface area contributed by atoms with Gasteiger partial charge in [0.2, 0.25) is 0 Å². The summed E-state index contributed by atoms with van der Waals surface area (Å²) in [7, 11) is 0. The highest BCUT2D eigenvalue weighted by atomic mass is 16.6. The van der Waals surface area contributed by atoms with E-state index >= 15 is 0 Å². The first-order valence-corrected chi connectivity index (χ1v) is 5.52. The molecule has 0 aromatic carbocycles. The second kappa shape index (κ2) is 2.36. The second-order valence-electron chi connectivity index (χ2n) is 5.47. The number of esters is 1. The number of carbonyl (C=O) groups excluding carboxylic acids is 2. The Bertz CT molecular complexity index is 363. The van der Waals surface area contributed by atoms with Crippen LogP contribution in [0.5, 0.6) is 0 Å². The van der Waals surface area contributed by atoms with Crippen molar-refractivity contribution >= 4 is 11.9 Å². The maximum atomic E-state index is 12.2. The van der Waals surface area contributed by atoms with Crippen molar-refractivity contribution in [2.24, 2.45) is 5.41 Å². The fraction of sp³-hybridized carbons (Fsp3) is 0.818. The highest BCUT2D eigenvalue weighted by molar-refractivity contribution is 5.99. The molecule has 0 bridgehead atoms. The van der Waals surface area contributed by atoms with Gasteiger partial charge in [-0.2, -0.15) is 0 Å². The quantitative estimate of drug-likeness (QED) is 0.552. The van der Waals surface area contributed by atoms with Crippen LogP contribution in [0, 0.1) is 5.41 Å². The molecule has 1 amide bonds. The largest absolute Gasteiger partial charge is 0.447 e. The Balaban J connectivity index is 1.97. The average molecular weight is 209 g/mol. The molecule has 0 N–H and O–H groups in total. The molecule has 82 valence electrons. The fourth-order valence-electron chi connectivity index (χ4n) is 2.89. The van der Waals surface area contributed by atoms with Crippen molar-refractivity contribution in [3.63, 3.8) is 0 Å². The Hall–Kier alpha value is -1.06. The van der Waals surface area contributed by atoms with Gasteiger partial charge in [0.05, 0.1) is 0 Å². The van der Waals surface area contributed by atoms with Crippen LogP contribution in [-0.2, 0) is 14.3 Å². The van der Waals surface area contributed by atoms with Gasteiger partial charge in [-0.25, -0.2) is 4.79 Å². The highest BCUT2D eigenvalue weighted by Crippen LogP contribution is 2.61. The predicted molar refractivity (Wildman–Crippen MR) is 52.0 cm³/mol. The lowest BCUT2D eigenvalue weighted by molar-refractivity contribution is -0.182. The molecule has 3 fully saturated rings. The number of ether oxygens (including phenoxy) is 1. The maximum absolute atomic E-state index is 12.2. The first kappa shape index (κ1) is 9.19. The van der Waals surface area contributed by atoms with Crippen LogP contribution in [0.3, 0.4) is 0 Å². The van der Waals surface area contributed by atoms with Crippen molar-refractivity contribution in [1.82, 2.24) is 4.90 Å². The fourth-order valence-corrected chi connectivity index (χ4v) is 2.89. The summed E-state index contributed by atoms with van der Waals surface area (Å²) in [6.45, 7) is 4.68. The van der Waals surface area contributed by atoms with E-state index in [0.717, 1.165) is 19.4 Å². The molecule has 0 radical (unpaired) electrons. The number of amides is 1. The van der Waals surface area contributed by atoms with Crippen molar-refractivity contribution in [2.75, 3.05) is 6.54 Å². The molecule has 1 spiro atoms. The molecular weight excluding hydrogens is 194 g/mol. The summed E-state index contributed by atoms with van der Waals surface area (Å²) < 4.78 is 5.40. The monoisotopic (exact) mass is 209 g/mol. The molecule has 1 saturated carbocycles. The molecule has 2 aliphatic heterocycles. The van der Waals surface area contributed by atoms with E-state index in [2.05, 4.69) is 0 Å². The van der Waals surface area contributed by atoms with Crippen LogP contribution in [0.25, 0.3) is 0 Å². The van der Waals surface area contributed by atoms with Gasteiger partial charge < -0.3 is 9.64 Å². The van der Waals surface area contributed by atoms with Gasteiger partial charge in [-0.3, -0.25) is 4.79 Å². The van der Waals surface area contributed by atoms with Gasteiger partial charge >= 0.3 is 5.97 Å². The Morgan fingerprint density at radius 1 is 1.40 bits per heavy atom. The van der Waals surface area contributed by atoms with Gasteiger partial charge in [-0.1, -0.05) is 13.8 Å². The number of nitrogens with zero attached hydrogens (tertiary/aromatic N) is 1. The zero-order chi connectivity index (χ0) is 10.8. The van der Waals surface area contributed by atoms with Gasteiger partial charge in [-0.05, 0) is 12.8 Å². The molecule has 0 aromatic rings. The summed E-state index contributed by atoms with van der Waals surface area (Å²) in [4.78, 5) is 25.7. The van der Waals surface area contributed by atoms with E-state index in [0.29, 0.717) is 6.42 Å². The minimum atomic E-state index is -0.815. The number of fused-ring (bicyclic) bond motifs is 1. The van der Waals surface area contributed by atoms with Crippen LogP contribution in [0.15, 0.2) is 0 Å². The van der Waals surface area contributed by atoms with Gasteiger partial charge in [0, 0.05) is 18.4 Å². The van der Waals surface area contributed by atoms with Crippen LogP contribution >= 0.6 is 0 Å². The molecule has 3 aliphatic rings. The normalized spacial score (nSPS) is 41.7. The zero-order valence-corrected chi connectivity index (χ0v) is 9.08. The molecule has 4 heteroatoms. The number of hydrogen-bond donors (Lipinski definition) is 0. The molecule has 15 heavy (non-hydrogen) atoms. The van der Waals surface area contributed by atoms with Crippen LogP contribution in [0.4, 0.5) is 0 Å². The summed E-state index contributed by atoms with van der Waals surface area (Å²) in [5.41, 5.74) is -0.988. The number of hydrogen-bond acceptors (Lipinski definition) is 3. The standard InChI is InChI=1S/C11H15NO3/c1-10(2)6-11(10)9(14)12-5-3-4-7(12)8(13)15-11/h7H,3-6H2,1-2H3/t7-,11+/m0/s1. The first-order valence-electron chi connectivity index (χ1n) is 5.52. The minimum absolute atomic E-state index is 0.0367. The summed E-state index contributed by atoms with van der Waals surface area (Å²) in [5, 5.41) is 0. The molecule has 3 rings (SSSR count). The summed E-state index contributed by atoms with van der Waals surface area (Å²) in [6.07, 6.45) is 2.36. The van der Waals surface area contributed by atoms with Crippen LogP contribution in [0.2, 0.25) is 0 Å². The van der Waals surface area contributed by atoms with E-state index < -0.39 is 5.60 Å². The SMILES string of the molecule is CC1(C)C[C@]12OC(=O)[C@@H]1CCCN1C2=O. The third-order valence-electron chi connectivity index (χ3n) is 4.07. The van der Waals surface area contributed by atoms with Crippen LogP contribution in [0.1, 0.15) is 33.1 Å². The Morgan fingerprint density at radius 2 is 2.07 bits per heavy atom. The van der Waals surface area contributed by atoms with Crippen LogP contribution in [-0.4, -0.2) is 35.0 Å². The lowest BCUT2D eigenvalue weighted by atomic mass is 10.0. The Kier molecular flexibility index (Phi) is 1.45. The smallest absolute Gasteiger partial charge is 0.329 e. The molecule has 1 aliphatic carbocycles. The molecule has 0 unspecified atom stereocenters. The number of rotatable bonds is 0. The molecule has 2 saturated heterocycles. The van der Waals surface area contributed by atoms with Crippen molar-refractivity contribution in [3.8, 4) is 0 Å². The van der Waals surface area contributed by atoms with E-state index in [-0.39, 0.29) is 23.3 Å². The highest BCUT2D eigenvalue weighted by Gasteiger charge is 2.74. The summed E-state index contributed by atoms with van der Waals surface area (Å²) in [5.74, 6) is -0.160. The molecule has 2 heterocycles. The topological polar surface area (TPSA) is 46.6 Å². The number of morpholine rings is 1. The average Bonchev–Trinajstić information content (AvgIpc) is 2.60. The van der Waals surface area contributed by atoms with E-state index in [9.17, 15) is 9.59 Å². The van der Waals surface area contributed by atoms with Crippen LogP contribution < -0.4 is 0 Å². The lowest BCUT2D eigenvalue weighted by Crippen LogP contribution is -2.56. The van der Waals surface area contributed by atoms with E-state index in [1.807, 2.05) is 13.8 Å². The zero-order valence-electron chi connectivity index (χ0n) is 9.08. The van der Waals surface area contributed by atoms with E-state index in [4.69, 9.17) is 4.74 Å². The molecule has 4 nitrogen and oxygen atoms in total. The predicted octanol–water partition coefficient (Wildman–Crippen LogP) is 0.703. The molecular formula is C11H15NO3. The second-order valence-corrected chi connectivity index (χ2v) is 5.47. The Labute approximate surface area is 88.6 Å². The van der Waals surface area contributed by atoms with Crippen molar-refractivity contribution in [1.29, 1.82) is 0 Å². The first-order chi connectivity index (χ1) is 6.98. The molecule has 2 atom stereocenters. The van der Waals surface area contributed by atoms with Crippen molar-refractivity contribution in [3.05, 3.63) is 0 Å². The van der Waals surface area contributed by atoms with Crippen molar-refractivity contribution in [2.45, 2.75) is 44.8 Å². The summed E-state index contributed by atoms with van der Waals surface area (Å²) in [6, 6.07) is -0.292. The summed E-state index contributed by atoms with van der Waals surface area (Å²) >= 11 is 0. The van der Waals surface area contributed by atoms with Gasteiger partial charge in [-0.15, -0.1) is 0 Å². The molecule has 0 aromatic heterocycles. The van der Waals surface area contributed by atoms with Gasteiger partial charge in [0.1, 0.15) is 6.04 Å². The van der Waals surface area contributed by atoms with Gasteiger partial charge in [0.15, 0.2) is 5.60 Å². The van der Waals surface area contributed by atoms with Crippen molar-refractivity contribution < 1.29 is 14.3 Å². The Morgan fingerprint density at radius 3 is 2.67 bits per heavy atom. The van der Waals surface area contributed by atoms with E-state index in [1.54, 1.807) is 4.90 Å². The van der Waals surface area contributed by atoms with E-state index in [1.165, 1.54) is 0 Å². The third kappa shape index (κ3) is 0.924. The van der Waals surface area contributed by atoms with Gasteiger partial charge in [0.25, 0.3) is 5.91 Å². The minimum Gasteiger partial charge on any atom is -0.447 e. The number of carbonyl (C=O) groups is 2. The lowest BCUT2D eigenvalue weighted by Gasteiger charge is -2.35. The maximum Gasteiger partial charge on any atom is 0.329 e. The third-order valence-corrected chi connectivity index (χ3v) is 4.07.